The Hall–Kier alpha value is -1.61. The molecule has 2 unspecified atom stereocenters. The van der Waals surface area contributed by atoms with Crippen molar-refractivity contribution in [2.45, 2.75) is 13.0 Å². The van der Waals surface area contributed by atoms with Crippen molar-refractivity contribution in [3.8, 4) is 0 Å². The van der Waals surface area contributed by atoms with Gasteiger partial charge in [-0.3, -0.25) is 0 Å². The summed E-state index contributed by atoms with van der Waals surface area (Å²) in [5, 5.41) is 20.1. The number of aromatic carboxylic acids is 1. The molecule has 0 aliphatic heterocycles. The quantitative estimate of drug-likeness (QED) is 0.674. The van der Waals surface area contributed by atoms with E-state index in [0.717, 1.165) is 5.22 Å². The molecule has 3 heteroatoms. The lowest BCUT2D eigenvalue weighted by Crippen LogP contribution is -2.37. The SMILES string of the molecule is CC1C=c2c(C(=O)O)cccc2=CC1O. The third kappa shape index (κ3) is 1.66. The number of carboxylic acid groups (broad SMARTS) is 1. The Morgan fingerprint density at radius 3 is 2.73 bits per heavy atom. The van der Waals surface area contributed by atoms with Crippen LogP contribution in [0.4, 0.5) is 0 Å². The molecule has 2 rings (SSSR count). The predicted octanol–water partition coefficient (Wildman–Crippen LogP) is -0.0436. The second kappa shape index (κ2) is 3.51. The van der Waals surface area contributed by atoms with E-state index in [0.29, 0.717) is 10.8 Å². The maximum atomic E-state index is 11.0. The van der Waals surface area contributed by atoms with Crippen molar-refractivity contribution in [1.29, 1.82) is 0 Å². The van der Waals surface area contributed by atoms with E-state index in [1.54, 1.807) is 18.2 Å². The topological polar surface area (TPSA) is 57.5 Å². The molecular formula is C12H12O3. The van der Waals surface area contributed by atoms with Crippen LogP contribution in [0, 0.1) is 5.92 Å². The van der Waals surface area contributed by atoms with Crippen LogP contribution < -0.4 is 10.4 Å². The van der Waals surface area contributed by atoms with E-state index in [2.05, 4.69) is 0 Å². The minimum Gasteiger partial charge on any atom is -0.478 e. The Labute approximate surface area is 87.0 Å². The van der Waals surface area contributed by atoms with Gasteiger partial charge in [-0.05, 0) is 22.6 Å². The molecule has 0 saturated carbocycles. The molecule has 0 amide bonds. The van der Waals surface area contributed by atoms with Gasteiger partial charge in [0, 0.05) is 5.92 Å². The molecule has 0 heterocycles. The van der Waals surface area contributed by atoms with Gasteiger partial charge in [0.15, 0.2) is 0 Å². The number of hydrogen-bond donors (Lipinski definition) is 2. The molecule has 78 valence electrons. The average Bonchev–Trinajstić information content (AvgIpc) is 2.18. The van der Waals surface area contributed by atoms with Crippen LogP contribution in [0.3, 0.4) is 0 Å². The molecule has 0 fully saturated rings. The van der Waals surface area contributed by atoms with Crippen molar-refractivity contribution in [3.63, 3.8) is 0 Å². The van der Waals surface area contributed by atoms with Crippen molar-refractivity contribution in [2.75, 3.05) is 0 Å². The van der Waals surface area contributed by atoms with Gasteiger partial charge >= 0.3 is 5.97 Å². The second-order valence-electron chi connectivity index (χ2n) is 3.80. The fourth-order valence-electron chi connectivity index (χ4n) is 1.80. The van der Waals surface area contributed by atoms with Crippen LogP contribution in [0.5, 0.6) is 0 Å². The summed E-state index contributed by atoms with van der Waals surface area (Å²) < 4.78 is 0. The normalized spacial score (nSPS) is 23.6. The number of fused-ring (bicyclic) bond motifs is 1. The van der Waals surface area contributed by atoms with E-state index in [-0.39, 0.29) is 5.92 Å². The summed E-state index contributed by atoms with van der Waals surface area (Å²) in [5.74, 6) is -0.974. The fourth-order valence-corrected chi connectivity index (χ4v) is 1.80. The van der Waals surface area contributed by atoms with Crippen LogP contribution in [0.2, 0.25) is 0 Å². The molecule has 3 nitrogen and oxygen atoms in total. The number of carbonyl (C=O) groups is 1. The van der Waals surface area contributed by atoms with E-state index in [4.69, 9.17) is 5.11 Å². The summed E-state index contributed by atoms with van der Waals surface area (Å²) in [5.41, 5.74) is 0.294. The Bertz CT molecular complexity index is 516. The lowest BCUT2D eigenvalue weighted by molar-refractivity contribution is 0.0695. The van der Waals surface area contributed by atoms with Crippen molar-refractivity contribution in [1.82, 2.24) is 0 Å². The standard InChI is InChI=1S/C12H12O3/c1-7-5-10-8(6-11(7)13)3-2-4-9(10)12(14)15/h2-7,11,13H,1H3,(H,14,15). The van der Waals surface area contributed by atoms with Crippen molar-refractivity contribution < 1.29 is 15.0 Å². The van der Waals surface area contributed by atoms with Gasteiger partial charge in [-0.1, -0.05) is 25.1 Å². The zero-order chi connectivity index (χ0) is 11.0. The molecule has 2 N–H and O–H groups in total. The Kier molecular flexibility index (Phi) is 2.32. The summed E-state index contributed by atoms with van der Waals surface area (Å²) in [6.07, 6.45) is 2.98. The van der Waals surface area contributed by atoms with Crippen molar-refractivity contribution in [2.24, 2.45) is 5.92 Å². The van der Waals surface area contributed by atoms with E-state index >= 15 is 0 Å². The Balaban J connectivity index is 2.78. The van der Waals surface area contributed by atoms with Gasteiger partial charge in [-0.25, -0.2) is 4.79 Å². The average molecular weight is 204 g/mol. The molecular weight excluding hydrogens is 192 g/mol. The molecule has 2 atom stereocenters. The van der Waals surface area contributed by atoms with Gasteiger partial charge in [0.25, 0.3) is 0 Å². The zero-order valence-corrected chi connectivity index (χ0v) is 8.34. The van der Waals surface area contributed by atoms with Crippen LogP contribution in [0.25, 0.3) is 12.2 Å². The first-order chi connectivity index (χ1) is 7.09. The summed E-state index contributed by atoms with van der Waals surface area (Å²) in [6, 6.07) is 5.08. The zero-order valence-electron chi connectivity index (χ0n) is 8.34. The van der Waals surface area contributed by atoms with Crippen LogP contribution in [-0.4, -0.2) is 22.3 Å². The lowest BCUT2D eigenvalue weighted by Gasteiger charge is -2.15. The minimum absolute atomic E-state index is 0.0435. The first-order valence-corrected chi connectivity index (χ1v) is 4.83. The number of hydrogen-bond acceptors (Lipinski definition) is 2. The van der Waals surface area contributed by atoms with Gasteiger partial charge in [-0.15, -0.1) is 0 Å². The number of rotatable bonds is 1. The fraction of sp³-hybridized carbons (Fsp3) is 0.250. The molecule has 15 heavy (non-hydrogen) atoms. The van der Waals surface area contributed by atoms with Gasteiger partial charge < -0.3 is 10.2 Å². The monoisotopic (exact) mass is 204 g/mol. The van der Waals surface area contributed by atoms with Crippen molar-refractivity contribution in [3.05, 3.63) is 34.2 Å². The Morgan fingerprint density at radius 1 is 1.33 bits per heavy atom. The van der Waals surface area contributed by atoms with Gasteiger partial charge in [0.05, 0.1) is 11.7 Å². The lowest BCUT2D eigenvalue weighted by atomic mass is 9.94. The molecule has 0 spiro atoms. The third-order valence-electron chi connectivity index (χ3n) is 2.69. The highest BCUT2D eigenvalue weighted by molar-refractivity contribution is 5.88. The summed E-state index contributed by atoms with van der Waals surface area (Å²) >= 11 is 0. The number of benzene rings is 1. The summed E-state index contributed by atoms with van der Waals surface area (Å²) in [4.78, 5) is 11.0. The van der Waals surface area contributed by atoms with E-state index in [9.17, 15) is 9.90 Å². The largest absolute Gasteiger partial charge is 0.478 e. The Morgan fingerprint density at radius 2 is 2.07 bits per heavy atom. The highest BCUT2D eigenvalue weighted by Gasteiger charge is 2.15. The molecule has 0 bridgehead atoms. The maximum Gasteiger partial charge on any atom is 0.336 e. The van der Waals surface area contributed by atoms with Crippen LogP contribution >= 0.6 is 0 Å². The summed E-state index contributed by atoms with van der Waals surface area (Å²) in [7, 11) is 0. The molecule has 0 aromatic heterocycles. The van der Waals surface area contributed by atoms with E-state index < -0.39 is 12.1 Å². The highest BCUT2D eigenvalue weighted by atomic mass is 16.4. The van der Waals surface area contributed by atoms with Gasteiger partial charge in [0.1, 0.15) is 0 Å². The molecule has 1 aliphatic carbocycles. The number of aliphatic hydroxyl groups is 1. The molecule has 1 aromatic carbocycles. The van der Waals surface area contributed by atoms with E-state index in [1.807, 2.05) is 19.1 Å². The maximum absolute atomic E-state index is 11.0. The smallest absolute Gasteiger partial charge is 0.336 e. The third-order valence-corrected chi connectivity index (χ3v) is 2.69. The van der Waals surface area contributed by atoms with Crippen LogP contribution in [0.15, 0.2) is 18.2 Å². The molecule has 0 radical (unpaired) electrons. The number of aliphatic hydroxyl groups excluding tert-OH is 1. The van der Waals surface area contributed by atoms with Gasteiger partial charge in [-0.2, -0.15) is 0 Å². The first-order valence-electron chi connectivity index (χ1n) is 4.83. The van der Waals surface area contributed by atoms with Crippen molar-refractivity contribution >= 4 is 18.1 Å². The number of carboxylic acids is 1. The molecule has 1 aliphatic rings. The summed E-state index contributed by atoms with van der Waals surface area (Å²) in [6.45, 7) is 1.86. The predicted molar refractivity (Wildman–Crippen MR) is 56.8 cm³/mol. The van der Waals surface area contributed by atoms with Gasteiger partial charge in [0.2, 0.25) is 0 Å². The molecule has 0 saturated heterocycles. The first kappa shape index (κ1) is 9.93. The second-order valence-corrected chi connectivity index (χ2v) is 3.80. The highest BCUT2D eigenvalue weighted by Crippen LogP contribution is 2.08. The molecule has 1 aromatic rings. The van der Waals surface area contributed by atoms with Crippen LogP contribution in [0.1, 0.15) is 17.3 Å². The van der Waals surface area contributed by atoms with E-state index in [1.165, 1.54) is 0 Å². The van der Waals surface area contributed by atoms with Crippen LogP contribution in [-0.2, 0) is 0 Å². The minimum atomic E-state index is -0.930.